The van der Waals surface area contributed by atoms with Crippen molar-refractivity contribution in [1.29, 1.82) is 0 Å². The molecule has 2 N–H and O–H groups in total. The van der Waals surface area contributed by atoms with Crippen molar-refractivity contribution in [2.75, 3.05) is 19.6 Å². The molecule has 0 radical (unpaired) electrons. The second-order valence-corrected chi connectivity index (χ2v) is 6.76. The Morgan fingerprint density at radius 3 is 2.57 bits per heavy atom. The predicted molar refractivity (Wildman–Crippen MR) is 75.2 cm³/mol. The van der Waals surface area contributed by atoms with E-state index in [2.05, 4.69) is 5.32 Å². The Hall–Kier alpha value is -1.93. The lowest BCUT2D eigenvalue weighted by atomic mass is 10.1. The van der Waals surface area contributed by atoms with Gasteiger partial charge in [0.15, 0.2) is 0 Å². The van der Waals surface area contributed by atoms with Crippen LogP contribution in [0.4, 0.5) is 0 Å². The SMILES string of the molecule is O=C1CN(S(=O)(=O)Cc2ccc(C(=O)O)cc2)CCCN1. The molecule has 2 rings (SSSR count). The second kappa shape index (κ2) is 6.23. The molecule has 21 heavy (non-hydrogen) atoms. The number of hydrogen-bond donors (Lipinski definition) is 2. The monoisotopic (exact) mass is 312 g/mol. The molecule has 1 fully saturated rings. The third-order valence-corrected chi connectivity index (χ3v) is 4.97. The Balaban J connectivity index is 2.12. The zero-order valence-electron chi connectivity index (χ0n) is 11.3. The van der Waals surface area contributed by atoms with Crippen LogP contribution in [0.3, 0.4) is 0 Å². The molecular formula is C13H16N2O5S. The maximum atomic E-state index is 12.3. The van der Waals surface area contributed by atoms with Crippen LogP contribution in [0.5, 0.6) is 0 Å². The highest BCUT2D eigenvalue weighted by Gasteiger charge is 2.26. The van der Waals surface area contributed by atoms with E-state index in [1.54, 1.807) is 0 Å². The number of sulfonamides is 1. The maximum Gasteiger partial charge on any atom is 0.335 e. The number of amides is 1. The van der Waals surface area contributed by atoms with Gasteiger partial charge in [-0.25, -0.2) is 13.2 Å². The second-order valence-electron chi connectivity index (χ2n) is 4.80. The van der Waals surface area contributed by atoms with Gasteiger partial charge in [0, 0.05) is 13.1 Å². The van der Waals surface area contributed by atoms with Gasteiger partial charge >= 0.3 is 5.97 Å². The minimum atomic E-state index is -3.60. The van der Waals surface area contributed by atoms with Gasteiger partial charge in [0.05, 0.1) is 17.9 Å². The van der Waals surface area contributed by atoms with Gasteiger partial charge in [0.25, 0.3) is 0 Å². The van der Waals surface area contributed by atoms with Crippen LogP contribution in [0.2, 0.25) is 0 Å². The molecule has 1 aromatic rings. The minimum Gasteiger partial charge on any atom is -0.478 e. The molecule has 0 aromatic heterocycles. The highest BCUT2D eigenvalue weighted by molar-refractivity contribution is 7.88. The van der Waals surface area contributed by atoms with Crippen molar-refractivity contribution in [2.45, 2.75) is 12.2 Å². The highest BCUT2D eigenvalue weighted by atomic mass is 32.2. The van der Waals surface area contributed by atoms with Gasteiger partial charge in [-0.3, -0.25) is 4.79 Å². The smallest absolute Gasteiger partial charge is 0.335 e. The van der Waals surface area contributed by atoms with Gasteiger partial charge in [-0.2, -0.15) is 4.31 Å². The molecule has 0 atom stereocenters. The molecule has 1 saturated heterocycles. The van der Waals surface area contributed by atoms with Crippen LogP contribution in [0.15, 0.2) is 24.3 Å². The number of carboxylic acids is 1. The van der Waals surface area contributed by atoms with E-state index >= 15 is 0 Å². The molecule has 1 aromatic carbocycles. The summed E-state index contributed by atoms with van der Waals surface area (Å²) in [6, 6.07) is 5.67. The first-order chi connectivity index (χ1) is 9.88. The Kier molecular flexibility index (Phi) is 4.59. The fraction of sp³-hybridized carbons (Fsp3) is 0.385. The van der Waals surface area contributed by atoms with Crippen molar-refractivity contribution in [2.24, 2.45) is 0 Å². The lowest BCUT2D eigenvalue weighted by molar-refractivity contribution is -0.120. The van der Waals surface area contributed by atoms with Crippen molar-refractivity contribution in [3.05, 3.63) is 35.4 Å². The molecular weight excluding hydrogens is 296 g/mol. The summed E-state index contributed by atoms with van der Waals surface area (Å²) < 4.78 is 25.8. The van der Waals surface area contributed by atoms with Crippen LogP contribution in [0.25, 0.3) is 0 Å². The van der Waals surface area contributed by atoms with Crippen molar-refractivity contribution < 1.29 is 23.1 Å². The summed E-state index contributed by atoms with van der Waals surface area (Å²) in [5, 5.41) is 11.4. The number of carboxylic acid groups (broad SMARTS) is 1. The predicted octanol–water partition coefficient (Wildman–Crippen LogP) is 0.0365. The van der Waals surface area contributed by atoms with Gasteiger partial charge in [-0.15, -0.1) is 0 Å². The van der Waals surface area contributed by atoms with Crippen molar-refractivity contribution >= 4 is 21.9 Å². The first-order valence-corrected chi connectivity index (χ1v) is 8.06. The van der Waals surface area contributed by atoms with E-state index in [4.69, 9.17) is 5.11 Å². The number of carbonyl (C=O) groups excluding carboxylic acids is 1. The fourth-order valence-electron chi connectivity index (χ4n) is 2.06. The summed E-state index contributed by atoms with van der Waals surface area (Å²) in [5.41, 5.74) is 0.593. The largest absolute Gasteiger partial charge is 0.478 e. The lowest BCUT2D eigenvalue weighted by Crippen LogP contribution is -2.38. The zero-order chi connectivity index (χ0) is 15.5. The Morgan fingerprint density at radius 1 is 1.29 bits per heavy atom. The zero-order valence-corrected chi connectivity index (χ0v) is 12.1. The van der Waals surface area contributed by atoms with Crippen LogP contribution < -0.4 is 5.32 Å². The quantitative estimate of drug-likeness (QED) is 0.817. The number of carbonyl (C=O) groups is 2. The van der Waals surface area contributed by atoms with Crippen molar-refractivity contribution in [1.82, 2.24) is 9.62 Å². The number of nitrogens with one attached hydrogen (secondary N) is 1. The van der Waals surface area contributed by atoms with E-state index in [1.807, 2.05) is 0 Å². The number of benzene rings is 1. The van der Waals surface area contributed by atoms with E-state index in [9.17, 15) is 18.0 Å². The van der Waals surface area contributed by atoms with E-state index in [0.29, 0.717) is 25.1 Å². The summed E-state index contributed by atoms with van der Waals surface area (Å²) in [7, 11) is -3.60. The summed E-state index contributed by atoms with van der Waals surface area (Å²) in [4.78, 5) is 22.2. The molecule has 0 unspecified atom stereocenters. The number of rotatable bonds is 4. The van der Waals surface area contributed by atoms with Crippen molar-refractivity contribution in [3.63, 3.8) is 0 Å². The molecule has 1 aliphatic heterocycles. The lowest BCUT2D eigenvalue weighted by Gasteiger charge is -2.18. The summed E-state index contributed by atoms with van der Waals surface area (Å²) >= 11 is 0. The topological polar surface area (TPSA) is 104 Å². The first kappa shape index (κ1) is 15.5. The first-order valence-electron chi connectivity index (χ1n) is 6.45. The van der Waals surface area contributed by atoms with Crippen LogP contribution in [-0.4, -0.2) is 49.3 Å². The normalized spacial score (nSPS) is 17.0. The van der Waals surface area contributed by atoms with Gasteiger partial charge in [0.1, 0.15) is 0 Å². The standard InChI is InChI=1S/C13H16N2O5S/c16-12-8-15(7-1-6-14-12)21(19,20)9-10-2-4-11(5-3-10)13(17)18/h2-5H,1,6-9H2,(H,14,16)(H,17,18). The van der Waals surface area contributed by atoms with E-state index < -0.39 is 16.0 Å². The van der Waals surface area contributed by atoms with Crippen LogP contribution in [0, 0.1) is 0 Å². The van der Waals surface area contributed by atoms with Gasteiger partial charge in [0.2, 0.25) is 15.9 Å². The van der Waals surface area contributed by atoms with E-state index in [1.165, 1.54) is 28.6 Å². The van der Waals surface area contributed by atoms with E-state index in [0.717, 1.165) is 0 Å². The molecule has 1 aliphatic rings. The average Bonchev–Trinajstić information content (AvgIpc) is 2.64. The van der Waals surface area contributed by atoms with Gasteiger partial charge in [-0.1, -0.05) is 12.1 Å². The summed E-state index contributed by atoms with van der Waals surface area (Å²) in [6.45, 7) is 0.599. The third kappa shape index (κ3) is 4.02. The molecule has 114 valence electrons. The van der Waals surface area contributed by atoms with E-state index in [-0.39, 0.29) is 23.8 Å². The van der Waals surface area contributed by atoms with Gasteiger partial charge < -0.3 is 10.4 Å². The summed E-state index contributed by atoms with van der Waals surface area (Å²) in [6.07, 6.45) is 0.572. The number of aromatic carboxylic acids is 1. The Bertz CT molecular complexity index is 639. The Labute approximate surface area is 122 Å². The molecule has 0 aliphatic carbocycles. The molecule has 0 bridgehead atoms. The Morgan fingerprint density at radius 2 is 1.95 bits per heavy atom. The molecule has 0 spiro atoms. The van der Waals surface area contributed by atoms with Crippen LogP contribution in [-0.2, 0) is 20.6 Å². The average molecular weight is 312 g/mol. The maximum absolute atomic E-state index is 12.3. The number of nitrogens with zero attached hydrogens (tertiary/aromatic N) is 1. The number of hydrogen-bond acceptors (Lipinski definition) is 4. The molecule has 1 heterocycles. The van der Waals surface area contributed by atoms with Gasteiger partial charge in [-0.05, 0) is 24.1 Å². The fourth-order valence-corrected chi connectivity index (χ4v) is 3.58. The molecule has 0 saturated carbocycles. The molecule has 8 heteroatoms. The summed E-state index contributed by atoms with van der Waals surface area (Å²) in [5.74, 6) is -1.62. The van der Waals surface area contributed by atoms with Crippen molar-refractivity contribution in [3.8, 4) is 0 Å². The molecule has 7 nitrogen and oxygen atoms in total. The third-order valence-electron chi connectivity index (χ3n) is 3.17. The van der Waals surface area contributed by atoms with Crippen LogP contribution >= 0.6 is 0 Å². The molecule has 1 amide bonds. The highest BCUT2D eigenvalue weighted by Crippen LogP contribution is 2.13. The van der Waals surface area contributed by atoms with Crippen LogP contribution in [0.1, 0.15) is 22.3 Å². The minimum absolute atomic E-state index is 0.102.